The van der Waals surface area contributed by atoms with Gasteiger partial charge in [-0.25, -0.2) is 0 Å². The van der Waals surface area contributed by atoms with Crippen molar-refractivity contribution in [3.8, 4) is 0 Å². The molecular weight excluding hydrogens is 338 g/mol. The van der Waals surface area contributed by atoms with E-state index in [-0.39, 0.29) is 5.91 Å². The van der Waals surface area contributed by atoms with Gasteiger partial charge in [0.1, 0.15) is 0 Å². The van der Waals surface area contributed by atoms with Crippen molar-refractivity contribution >= 4 is 33.4 Å². The molecule has 1 amide bonds. The smallest absolute Gasteiger partial charge is 0.251 e. The lowest BCUT2D eigenvalue weighted by Gasteiger charge is -2.30. The molecule has 0 bridgehead atoms. The first-order valence-corrected chi connectivity index (χ1v) is 8.55. The Bertz CT molecular complexity index is 478. The quantitative estimate of drug-likeness (QED) is 0.787. The minimum Gasteiger partial charge on any atom is -0.352 e. The Morgan fingerprint density at radius 1 is 1.35 bits per heavy atom. The number of alkyl halides is 1. The van der Waals surface area contributed by atoms with Crippen LogP contribution >= 0.6 is 27.5 Å². The average molecular weight is 359 g/mol. The van der Waals surface area contributed by atoms with Crippen molar-refractivity contribution in [1.82, 2.24) is 5.32 Å². The number of amides is 1. The van der Waals surface area contributed by atoms with Crippen molar-refractivity contribution < 1.29 is 4.79 Å². The van der Waals surface area contributed by atoms with Crippen LogP contribution in [0.2, 0.25) is 0 Å². The average Bonchev–Trinajstić information content (AvgIpc) is 2.47. The van der Waals surface area contributed by atoms with Crippen molar-refractivity contribution in [3.63, 3.8) is 0 Å². The molecule has 0 aliphatic heterocycles. The van der Waals surface area contributed by atoms with Gasteiger partial charge >= 0.3 is 0 Å². The van der Waals surface area contributed by atoms with Gasteiger partial charge < -0.3 is 5.32 Å². The minimum atomic E-state index is 0.0134. The van der Waals surface area contributed by atoms with E-state index < -0.39 is 0 Å². The molecule has 1 aliphatic rings. The Labute approximate surface area is 134 Å². The van der Waals surface area contributed by atoms with Gasteiger partial charge in [-0.3, -0.25) is 4.79 Å². The van der Waals surface area contributed by atoms with Crippen molar-refractivity contribution in [2.24, 2.45) is 11.8 Å². The zero-order valence-electron chi connectivity index (χ0n) is 11.8. The van der Waals surface area contributed by atoms with E-state index in [1.165, 1.54) is 25.7 Å². The summed E-state index contributed by atoms with van der Waals surface area (Å²) < 4.78 is 1.03. The molecule has 2 rings (SSSR count). The highest BCUT2D eigenvalue weighted by Crippen LogP contribution is 2.30. The monoisotopic (exact) mass is 357 g/mol. The molecule has 2 nitrogen and oxygen atoms in total. The first kappa shape index (κ1) is 15.8. The van der Waals surface area contributed by atoms with Gasteiger partial charge in [0.2, 0.25) is 0 Å². The first-order valence-electron chi connectivity index (χ1n) is 7.22. The lowest BCUT2D eigenvalue weighted by atomic mass is 9.80. The van der Waals surface area contributed by atoms with Crippen molar-refractivity contribution in [2.75, 3.05) is 12.4 Å². The molecule has 0 radical (unpaired) electrons. The highest BCUT2D eigenvalue weighted by molar-refractivity contribution is 9.10. The molecule has 4 heteroatoms. The number of halogens is 2. The first-order chi connectivity index (χ1) is 9.61. The van der Waals surface area contributed by atoms with Gasteiger partial charge in [-0.1, -0.05) is 28.8 Å². The van der Waals surface area contributed by atoms with E-state index in [4.69, 9.17) is 11.6 Å². The number of benzene rings is 1. The fourth-order valence-electron chi connectivity index (χ4n) is 2.87. The molecule has 0 heterocycles. The van der Waals surface area contributed by atoms with E-state index >= 15 is 0 Å². The molecule has 1 aliphatic carbocycles. The van der Waals surface area contributed by atoms with Crippen LogP contribution in [0.5, 0.6) is 0 Å². The second kappa shape index (κ2) is 7.46. The highest BCUT2D eigenvalue weighted by Gasteiger charge is 2.24. The van der Waals surface area contributed by atoms with Crippen LogP contribution in [0.15, 0.2) is 22.7 Å². The zero-order valence-corrected chi connectivity index (χ0v) is 14.1. The minimum absolute atomic E-state index is 0.0134. The van der Waals surface area contributed by atoms with Gasteiger partial charge in [0, 0.05) is 22.5 Å². The van der Waals surface area contributed by atoms with Crippen molar-refractivity contribution in [2.45, 2.75) is 32.6 Å². The maximum Gasteiger partial charge on any atom is 0.251 e. The molecule has 0 spiro atoms. The largest absolute Gasteiger partial charge is 0.352 e. The molecular formula is C16H21BrClNO. The topological polar surface area (TPSA) is 29.1 Å². The summed E-state index contributed by atoms with van der Waals surface area (Å²) in [5.41, 5.74) is 1.80. The SMILES string of the molecule is Cc1cc(C(=O)NCC2CCCCC2CCl)ccc1Br. The number of aryl methyl sites for hydroxylation is 1. The van der Waals surface area contributed by atoms with Crippen LogP contribution < -0.4 is 5.32 Å². The third-order valence-corrected chi connectivity index (χ3v) is 5.50. The summed E-state index contributed by atoms with van der Waals surface area (Å²) in [5, 5.41) is 3.07. The lowest BCUT2D eigenvalue weighted by molar-refractivity contribution is 0.0936. The van der Waals surface area contributed by atoms with Crippen LogP contribution in [0, 0.1) is 18.8 Å². The fraction of sp³-hybridized carbons (Fsp3) is 0.562. The van der Waals surface area contributed by atoms with E-state index in [2.05, 4.69) is 21.2 Å². The van der Waals surface area contributed by atoms with E-state index in [0.29, 0.717) is 17.7 Å². The Hall–Kier alpha value is -0.540. The van der Waals surface area contributed by atoms with Gasteiger partial charge in [-0.2, -0.15) is 0 Å². The van der Waals surface area contributed by atoms with Crippen LogP contribution in [-0.2, 0) is 0 Å². The summed E-state index contributed by atoms with van der Waals surface area (Å²) in [7, 11) is 0. The van der Waals surface area contributed by atoms with Gasteiger partial charge in [-0.15, -0.1) is 11.6 Å². The predicted octanol–water partition coefficient (Wildman–Crippen LogP) is 4.53. The number of carbonyl (C=O) groups excluding carboxylic acids is 1. The molecule has 0 aromatic heterocycles. The molecule has 1 aromatic rings. The summed E-state index contributed by atoms with van der Waals surface area (Å²) in [5.74, 6) is 1.80. The summed E-state index contributed by atoms with van der Waals surface area (Å²) in [6, 6.07) is 5.69. The van der Waals surface area contributed by atoms with Gasteiger partial charge in [0.05, 0.1) is 0 Å². The number of hydrogen-bond donors (Lipinski definition) is 1. The van der Waals surface area contributed by atoms with Crippen molar-refractivity contribution in [3.05, 3.63) is 33.8 Å². The third kappa shape index (κ3) is 3.98. The Morgan fingerprint density at radius 2 is 2.05 bits per heavy atom. The normalized spacial score (nSPS) is 22.6. The van der Waals surface area contributed by atoms with E-state index in [1.54, 1.807) is 0 Å². The molecule has 0 saturated heterocycles. The van der Waals surface area contributed by atoms with Crippen LogP contribution in [0.3, 0.4) is 0 Å². The zero-order chi connectivity index (χ0) is 14.5. The third-order valence-electron chi connectivity index (χ3n) is 4.21. The van der Waals surface area contributed by atoms with E-state index in [1.807, 2.05) is 25.1 Å². The highest BCUT2D eigenvalue weighted by atomic mass is 79.9. The van der Waals surface area contributed by atoms with Gasteiger partial charge in [0.25, 0.3) is 5.91 Å². The van der Waals surface area contributed by atoms with E-state index in [0.717, 1.165) is 22.1 Å². The summed E-state index contributed by atoms with van der Waals surface area (Å²) in [6.07, 6.45) is 4.90. The fourth-order valence-corrected chi connectivity index (χ4v) is 3.52. The molecule has 2 unspecified atom stereocenters. The Balaban J connectivity index is 1.92. The number of hydrogen-bond acceptors (Lipinski definition) is 1. The molecule has 1 saturated carbocycles. The Morgan fingerprint density at radius 3 is 2.70 bits per heavy atom. The molecule has 2 atom stereocenters. The Kier molecular flexibility index (Phi) is 5.91. The second-order valence-electron chi connectivity index (χ2n) is 5.63. The summed E-state index contributed by atoms with van der Waals surface area (Å²) in [6.45, 7) is 2.73. The van der Waals surface area contributed by atoms with Crippen LogP contribution in [-0.4, -0.2) is 18.3 Å². The number of rotatable bonds is 4. The molecule has 20 heavy (non-hydrogen) atoms. The lowest BCUT2D eigenvalue weighted by Crippen LogP contribution is -2.34. The molecule has 110 valence electrons. The maximum atomic E-state index is 12.2. The number of carbonyl (C=O) groups is 1. The maximum absolute atomic E-state index is 12.2. The predicted molar refractivity (Wildman–Crippen MR) is 87.4 cm³/mol. The summed E-state index contributed by atoms with van der Waals surface area (Å²) in [4.78, 5) is 12.2. The van der Waals surface area contributed by atoms with Crippen LogP contribution in [0.4, 0.5) is 0 Å². The molecule has 1 aromatic carbocycles. The van der Waals surface area contributed by atoms with Gasteiger partial charge in [0.15, 0.2) is 0 Å². The second-order valence-corrected chi connectivity index (χ2v) is 6.80. The number of nitrogens with one attached hydrogen (secondary N) is 1. The standard InChI is InChI=1S/C16H21BrClNO/c1-11-8-12(6-7-15(11)17)16(20)19-10-14-5-3-2-4-13(14)9-18/h6-8,13-14H,2-5,9-10H2,1H3,(H,19,20). The van der Waals surface area contributed by atoms with Crippen LogP contribution in [0.1, 0.15) is 41.6 Å². The molecule has 1 N–H and O–H groups in total. The summed E-state index contributed by atoms with van der Waals surface area (Å²) >= 11 is 9.48. The van der Waals surface area contributed by atoms with Crippen LogP contribution in [0.25, 0.3) is 0 Å². The van der Waals surface area contributed by atoms with Gasteiger partial charge in [-0.05, 0) is 55.4 Å². The molecule has 1 fully saturated rings. The van der Waals surface area contributed by atoms with Crippen molar-refractivity contribution in [1.29, 1.82) is 0 Å². The van der Waals surface area contributed by atoms with E-state index in [9.17, 15) is 4.79 Å².